The predicted molar refractivity (Wildman–Crippen MR) is 80.9 cm³/mol. The number of carbonyl (C=O) groups is 1. The SMILES string of the molecule is CC(=O)N1CCC(NC(C)c2cc(Br)ccc2F)CC1. The van der Waals surface area contributed by atoms with Crippen LogP contribution in [0.5, 0.6) is 0 Å². The summed E-state index contributed by atoms with van der Waals surface area (Å²) in [5.74, 6) is -0.0519. The smallest absolute Gasteiger partial charge is 0.219 e. The molecule has 1 aromatic carbocycles. The summed E-state index contributed by atoms with van der Waals surface area (Å²) in [7, 11) is 0. The van der Waals surface area contributed by atoms with Crippen LogP contribution in [-0.2, 0) is 4.79 Å². The van der Waals surface area contributed by atoms with Crippen LogP contribution in [-0.4, -0.2) is 29.9 Å². The highest BCUT2D eigenvalue weighted by atomic mass is 79.9. The van der Waals surface area contributed by atoms with Gasteiger partial charge in [0.15, 0.2) is 0 Å². The molecule has 5 heteroatoms. The highest BCUT2D eigenvalue weighted by molar-refractivity contribution is 9.10. The molecule has 1 N–H and O–H groups in total. The molecule has 1 saturated heterocycles. The van der Waals surface area contributed by atoms with Gasteiger partial charge in [0.2, 0.25) is 5.91 Å². The van der Waals surface area contributed by atoms with Gasteiger partial charge in [-0.25, -0.2) is 4.39 Å². The van der Waals surface area contributed by atoms with Crippen LogP contribution in [0, 0.1) is 5.82 Å². The fourth-order valence-corrected chi connectivity index (χ4v) is 3.03. The average Bonchev–Trinajstić information content (AvgIpc) is 2.42. The topological polar surface area (TPSA) is 32.3 Å². The number of carbonyl (C=O) groups excluding carboxylic acids is 1. The Morgan fingerprint density at radius 1 is 1.45 bits per heavy atom. The lowest BCUT2D eigenvalue weighted by atomic mass is 10.0. The van der Waals surface area contributed by atoms with Gasteiger partial charge in [-0.2, -0.15) is 0 Å². The Morgan fingerprint density at radius 2 is 2.10 bits per heavy atom. The first-order chi connectivity index (χ1) is 9.47. The number of benzene rings is 1. The molecular formula is C15H20BrFN2O. The largest absolute Gasteiger partial charge is 0.343 e. The first kappa shape index (κ1) is 15.4. The molecule has 1 aliphatic rings. The van der Waals surface area contributed by atoms with Crippen molar-refractivity contribution in [3.8, 4) is 0 Å². The number of nitrogens with zero attached hydrogens (tertiary/aromatic N) is 1. The lowest BCUT2D eigenvalue weighted by Crippen LogP contribution is -2.44. The lowest BCUT2D eigenvalue weighted by molar-refractivity contribution is -0.129. The van der Waals surface area contributed by atoms with Crippen molar-refractivity contribution in [2.24, 2.45) is 0 Å². The van der Waals surface area contributed by atoms with E-state index in [0.717, 1.165) is 30.4 Å². The van der Waals surface area contributed by atoms with Crippen molar-refractivity contribution in [2.75, 3.05) is 13.1 Å². The summed E-state index contributed by atoms with van der Waals surface area (Å²) in [4.78, 5) is 13.1. The summed E-state index contributed by atoms with van der Waals surface area (Å²) >= 11 is 3.38. The second-order valence-corrected chi connectivity index (χ2v) is 6.25. The van der Waals surface area contributed by atoms with Crippen LogP contribution in [0.1, 0.15) is 38.3 Å². The zero-order chi connectivity index (χ0) is 14.7. The lowest BCUT2D eigenvalue weighted by Gasteiger charge is -2.33. The third kappa shape index (κ3) is 3.79. The molecular weight excluding hydrogens is 323 g/mol. The first-order valence-corrected chi connectivity index (χ1v) is 7.73. The van der Waals surface area contributed by atoms with Crippen LogP contribution in [0.25, 0.3) is 0 Å². The summed E-state index contributed by atoms with van der Waals surface area (Å²) in [6.45, 7) is 5.14. The van der Waals surface area contributed by atoms with Gasteiger partial charge in [0.05, 0.1) is 0 Å². The van der Waals surface area contributed by atoms with Gasteiger partial charge < -0.3 is 10.2 Å². The highest BCUT2D eigenvalue weighted by Crippen LogP contribution is 2.23. The molecule has 1 atom stereocenters. The van der Waals surface area contributed by atoms with E-state index in [4.69, 9.17) is 0 Å². The van der Waals surface area contributed by atoms with Gasteiger partial charge in [0, 0.05) is 42.1 Å². The number of nitrogens with one attached hydrogen (secondary N) is 1. The van der Waals surface area contributed by atoms with E-state index in [1.807, 2.05) is 17.9 Å². The monoisotopic (exact) mass is 342 g/mol. The van der Waals surface area contributed by atoms with Crippen molar-refractivity contribution in [3.63, 3.8) is 0 Å². The second-order valence-electron chi connectivity index (χ2n) is 5.33. The Balaban J connectivity index is 1.94. The van der Waals surface area contributed by atoms with Crippen LogP contribution in [0.2, 0.25) is 0 Å². The van der Waals surface area contributed by atoms with E-state index in [2.05, 4.69) is 21.2 Å². The molecule has 1 unspecified atom stereocenters. The Kier molecular flexibility index (Phi) is 5.16. The molecule has 0 bridgehead atoms. The Bertz CT molecular complexity index is 487. The minimum absolute atomic E-state index is 0.0404. The van der Waals surface area contributed by atoms with Crippen LogP contribution < -0.4 is 5.32 Å². The number of amides is 1. The molecule has 0 radical (unpaired) electrons. The zero-order valence-electron chi connectivity index (χ0n) is 11.8. The van der Waals surface area contributed by atoms with Crippen LogP contribution in [0.3, 0.4) is 0 Å². The van der Waals surface area contributed by atoms with Crippen molar-refractivity contribution in [2.45, 2.75) is 38.8 Å². The maximum Gasteiger partial charge on any atom is 0.219 e. The normalized spacial score (nSPS) is 18.1. The van der Waals surface area contributed by atoms with Crippen molar-refractivity contribution < 1.29 is 9.18 Å². The van der Waals surface area contributed by atoms with Gasteiger partial charge in [0.1, 0.15) is 5.82 Å². The first-order valence-electron chi connectivity index (χ1n) is 6.94. The number of hydrogen-bond acceptors (Lipinski definition) is 2. The third-order valence-corrected chi connectivity index (χ3v) is 4.34. The van der Waals surface area contributed by atoms with Crippen LogP contribution in [0.15, 0.2) is 22.7 Å². The average molecular weight is 343 g/mol. The van der Waals surface area contributed by atoms with E-state index in [1.165, 1.54) is 6.07 Å². The van der Waals surface area contributed by atoms with Gasteiger partial charge in [0.25, 0.3) is 0 Å². The maximum atomic E-state index is 13.8. The molecule has 0 aliphatic carbocycles. The fraction of sp³-hybridized carbons (Fsp3) is 0.533. The van der Waals surface area contributed by atoms with Crippen molar-refractivity contribution >= 4 is 21.8 Å². The van der Waals surface area contributed by atoms with E-state index < -0.39 is 0 Å². The zero-order valence-corrected chi connectivity index (χ0v) is 13.4. The molecule has 1 aliphatic heterocycles. The molecule has 20 heavy (non-hydrogen) atoms. The van der Waals surface area contributed by atoms with E-state index in [1.54, 1.807) is 13.0 Å². The number of hydrogen-bond donors (Lipinski definition) is 1. The molecule has 3 nitrogen and oxygen atoms in total. The molecule has 1 amide bonds. The van der Waals surface area contributed by atoms with Gasteiger partial charge in [-0.05, 0) is 38.0 Å². The third-order valence-electron chi connectivity index (χ3n) is 3.85. The van der Waals surface area contributed by atoms with Crippen LogP contribution >= 0.6 is 15.9 Å². The van der Waals surface area contributed by atoms with Gasteiger partial charge in [-0.3, -0.25) is 4.79 Å². The quantitative estimate of drug-likeness (QED) is 0.914. The fourth-order valence-electron chi connectivity index (χ4n) is 2.65. The number of rotatable bonds is 3. The van der Waals surface area contributed by atoms with Gasteiger partial charge in [-0.15, -0.1) is 0 Å². The molecule has 0 spiro atoms. The standard InChI is InChI=1S/C15H20BrFN2O/c1-10(14-9-12(16)3-4-15(14)17)18-13-5-7-19(8-6-13)11(2)20/h3-4,9-10,13,18H,5-8H2,1-2H3. The van der Waals surface area contributed by atoms with E-state index in [9.17, 15) is 9.18 Å². The highest BCUT2D eigenvalue weighted by Gasteiger charge is 2.22. The van der Waals surface area contributed by atoms with Crippen molar-refractivity contribution in [3.05, 3.63) is 34.1 Å². The van der Waals surface area contributed by atoms with E-state index in [-0.39, 0.29) is 17.8 Å². The minimum Gasteiger partial charge on any atom is -0.343 e. The number of piperidine rings is 1. The summed E-state index contributed by atoms with van der Waals surface area (Å²) < 4.78 is 14.7. The Labute approximate surface area is 127 Å². The van der Waals surface area contributed by atoms with Crippen molar-refractivity contribution in [1.82, 2.24) is 10.2 Å². The Hall–Kier alpha value is -0.940. The summed E-state index contributed by atoms with van der Waals surface area (Å²) in [5.41, 5.74) is 0.674. The molecule has 0 saturated carbocycles. The summed E-state index contributed by atoms with van der Waals surface area (Å²) in [6, 6.07) is 5.30. The molecule has 0 aromatic heterocycles. The molecule has 110 valence electrons. The summed E-state index contributed by atoms with van der Waals surface area (Å²) in [6.07, 6.45) is 1.83. The molecule has 2 rings (SSSR count). The minimum atomic E-state index is -0.186. The van der Waals surface area contributed by atoms with E-state index in [0.29, 0.717) is 11.6 Å². The summed E-state index contributed by atoms with van der Waals surface area (Å²) in [5, 5.41) is 3.46. The maximum absolute atomic E-state index is 13.8. The number of likely N-dealkylation sites (tertiary alicyclic amines) is 1. The molecule has 1 aromatic rings. The molecule has 1 fully saturated rings. The predicted octanol–water partition coefficient (Wildman–Crippen LogP) is 3.25. The second kappa shape index (κ2) is 6.68. The Morgan fingerprint density at radius 3 is 2.70 bits per heavy atom. The molecule has 1 heterocycles. The van der Waals surface area contributed by atoms with E-state index >= 15 is 0 Å². The van der Waals surface area contributed by atoms with Gasteiger partial charge >= 0.3 is 0 Å². The van der Waals surface area contributed by atoms with Crippen molar-refractivity contribution in [1.29, 1.82) is 0 Å². The van der Waals surface area contributed by atoms with Crippen LogP contribution in [0.4, 0.5) is 4.39 Å². The van der Waals surface area contributed by atoms with Gasteiger partial charge in [-0.1, -0.05) is 15.9 Å². The number of halogens is 2.